The van der Waals surface area contributed by atoms with Crippen molar-refractivity contribution in [3.8, 4) is 0 Å². The van der Waals surface area contributed by atoms with Crippen molar-refractivity contribution in [2.24, 2.45) is 0 Å². The predicted molar refractivity (Wildman–Crippen MR) is 86.6 cm³/mol. The third kappa shape index (κ3) is 2.75. The number of pyridine rings is 1. The van der Waals surface area contributed by atoms with E-state index in [-0.39, 0.29) is 0 Å². The molecule has 0 unspecified atom stereocenters. The third-order valence-electron chi connectivity index (χ3n) is 3.57. The molecule has 4 nitrogen and oxygen atoms in total. The summed E-state index contributed by atoms with van der Waals surface area (Å²) in [5.41, 5.74) is 3.49. The molecular formula is C17H20N4. The Balaban J connectivity index is 1.99. The van der Waals surface area contributed by atoms with E-state index in [0.717, 1.165) is 36.7 Å². The largest absolute Gasteiger partial charge is 0.370 e. The van der Waals surface area contributed by atoms with Gasteiger partial charge in [0.25, 0.3) is 0 Å². The number of para-hydroxylation sites is 2. The van der Waals surface area contributed by atoms with Crippen molar-refractivity contribution in [3.63, 3.8) is 0 Å². The van der Waals surface area contributed by atoms with Gasteiger partial charge in [0.15, 0.2) is 0 Å². The van der Waals surface area contributed by atoms with Gasteiger partial charge in [0.2, 0.25) is 0 Å². The Morgan fingerprint density at radius 3 is 2.81 bits per heavy atom. The topological polar surface area (TPSA) is 42.7 Å². The van der Waals surface area contributed by atoms with Gasteiger partial charge < -0.3 is 9.88 Å². The van der Waals surface area contributed by atoms with Crippen molar-refractivity contribution in [1.82, 2.24) is 14.5 Å². The molecule has 0 spiro atoms. The molecule has 3 rings (SSSR count). The van der Waals surface area contributed by atoms with Crippen LogP contribution in [0.1, 0.15) is 25.2 Å². The van der Waals surface area contributed by atoms with Crippen LogP contribution in [0.2, 0.25) is 0 Å². The van der Waals surface area contributed by atoms with Crippen LogP contribution < -0.4 is 5.32 Å². The van der Waals surface area contributed by atoms with Gasteiger partial charge in [0.1, 0.15) is 11.6 Å². The maximum atomic E-state index is 4.72. The van der Waals surface area contributed by atoms with Gasteiger partial charge >= 0.3 is 0 Å². The van der Waals surface area contributed by atoms with E-state index in [1.807, 2.05) is 12.3 Å². The van der Waals surface area contributed by atoms with Crippen LogP contribution in [0, 0.1) is 0 Å². The number of fused-ring (bicyclic) bond motifs is 1. The molecule has 21 heavy (non-hydrogen) atoms. The summed E-state index contributed by atoms with van der Waals surface area (Å²) in [7, 11) is 0. The molecule has 0 bridgehead atoms. The number of benzene rings is 1. The van der Waals surface area contributed by atoms with Crippen LogP contribution in [-0.4, -0.2) is 21.1 Å². The molecule has 1 N–H and O–H groups in total. The van der Waals surface area contributed by atoms with E-state index >= 15 is 0 Å². The minimum atomic E-state index is 0.824. The first kappa shape index (κ1) is 13.6. The number of rotatable bonds is 5. The monoisotopic (exact) mass is 280 g/mol. The summed E-state index contributed by atoms with van der Waals surface area (Å²) in [5, 5.41) is 3.26. The van der Waals surface area contributed by atoms with Crippen molar-refractivity contribution in [2.45, 2.75) is 26.8 Å². The molecule has 3 aromatic rings. The second-order valence-electron chi connectivity index (χ2n) is 5.04. The Morgan fingerprint density at radius 1 is 1.14 bits per heavy atom. The van der Waals surface area contributed by atoms with Gasteiger partial charge in [-0.2, -0.15) is 0 Å². The summed E-state index contributed by atoms with van der Waals surface area (Å²) in [6, 6.07) is 12.5. The quantitative estimate of drug-likeness (QED) is 0.778. The van der Waals surface area contributed by atoms with Crippen molar-refractivity contribution in [2.75, 3.05) is 11.9 Å². The predicted octanol–water partition coefficient (Wildman–Crippen LogP) is 3.47. The second kappa shape index (κ2) is 5.95. The van der Waals surface area contributed by atoms with Crippen LogP contribution >= 0.6 is 0 Å². The smallest absolute Gasteiger partial charge is 0.126 e. The fraction of sp³-hybridized carbons (Fsp3) is 0.294. The van der Waals surface area contributed by atoms with E-state index in [1.54, 1.807) is 0 Å². The molecule has 0 aliphatic rings. The maximum Gasteiger partial charge on any atom is 0.126 e. The van der Waals surface area contributed by atoms with Gasteiger partial charge in [-0.15, -0.1) is 0 Å². The molecule has 0 aliphatic heterocycles. The SMILES string of the molecule is CCNc1cc(Cn2c(CC)nc3ccccc32)ccn1. The molecule has 1 aromatic carbocycles. The van der Waals surface area contributed by atoms with Gasteiger partial charge in [-0.3, -0.25) is 0 Å². The van der Waals surface area contributed by atoms with Crippen LogP contribution in [0.5, 0.6) is 0 Å². The Morgan fingerprint density at radius 2 is 2.00 bits per heavy atom. The van der Waals surface area contributed by atoms with Crippen molar-refractivity contribution in [3.05, 3.63) is 54.0 Å². The van der Waals surface area contributed by atoms with Gasteiger partial charge in [0.05, 0.1) is 11.0 Å². The standard InChI is InChI=1S/C17H20N4/c1-3-17-20-14-7-5-6-8-15(14)21(17)12-13-9-10-19-16(11-13)18-4-2/h5-11H,3-4,12H2,1-2H3,(H,18,19). The van der Waals surface area contributed by atoms with Crippen LogP contribution in [0.25, 0.3) is 11.0 Å². The molecule has 0 radical (unpaired) electrons. The van der Waals surface area contributed by atoms with E-state index in [4.69, 9.17) is 4.98 Å². The Hall–Kier alpha value is -2.36. The summed E-state index contributed by atoms with van der Waals surface area (Å²) in [5.74, 6) is 2.05. The molecule has 0 fully saturated rings. The van der Waals surface area contributed by atoms with E-state index in [0.29, 0.717) is 0 Å². The lowest BCUT2D eigenvalue weighted by molar-refractivity contribution is 0.752. The molecule has 0 atom stereocenters. The lowest BCUT2D eigenvalue weighted by atomic mass is 10.2. The zero-order chi connectivity index (χ0) is 14.7. The van der Waals surface area contributed by atoms with Crippen molar-refractivity contribution < 1.29 is 0 Å². The summed E-state index contributed by atoms with van der Waals surface area (Å²) in [6.07, 6.45) is 2.79. The lowest BCUT2D eigenvalue weighted by Crippen LogP contribution is -2.06. The molecule has 0 saturated carbocycles. The van der Waals surface area contributed by atoms with E-state index in [2.05, 4.69) is 59.0 Å². The lowest BCUT2D eigenvalue weighted by Gasteiger charge is -2.10. The van der Waals surface area contributed by atoms with Gasteiger partial charge in [0, 0.05) is 25.7 Å². The number of nitrogens with zero attached hydrogens (tertiary/aromatic N) is 3. The van der Waals surface area contributed by atoms with Crippen LogP contribution in [0.3, 0.4) is 0 Å². The summed E-state index contributed by atoms with van der Waals surface area (Å²) < 4.78 is 2.29. The fourth-order valence-corrected chi connectivity index (χ4v) is 2.60. The van der Waals surface area contributed by atoms with Gasteiger partial charge in [-0.1, -0.05) is 19.1 Å². The molecule has 0 amide bonds. The minimum absolute atomic E-state index is 0.824. The molecule has 0 aliphatic carbocycles. The van der Waals surface area contributed by atoms with Crippen LogP contribution in [0.15, 0.2) is 42.6 Å². The highest BCUT2D eigenvalue weighted by Gasteiger charge is 2.09. The normalized spacial score (nSPS) is 11.0. The molecule has 2 aromatic heterocycles. The Bertz CT molecular complexity index is 745. The number of aryl methyl sites for hydroxylation is 1. The highest BCUT2D eigenvalue weighted by molar-refractivity contribution is 5.76. The number of hydrogen-bond acceptors (Lipinski definition) is 3. The number of hydrogen-bond donors (Lipinski definition) is 1. The highest BCUT2D eigenvalue weighted by Crippen LogP contribution is 2.19. The van der Waals surface area contributed by atoms with Gasteiger partial charge in [-0.05, 0) is 36.8 Å². The first-order chi connectivity index (χ1) is 10.3. The first-order valence-corrected chi connectivity index (χ1v) is 7.44. The van der Waals surface area contributed by atoms with E-state index in [1.165, 1.54) is 11.1 Å². The summed E-state index contributed by atoms with van der Waals surface area (Å²) in [4.78, 5) is 9.05. The zero-order valence-electron chi connectivity index (χ0n) is 12.5. The number of anilines is 1. The number of aromatic nitrogens is 3. The fourth-order valence-electron chi connectivity index (χ4n) is 2.60. The Kier molecular flexibility index (Phi) is 3.86. The van der Waals surface area contributed by atoms with Gasteiger partial charge in [-0.25, -0.2) is 9.97 Å². The van der Waals surface area contributed by atoms with E-state index in [9.17, 15) is 0 Å². The summed E-state index contributed by atoms with van der Waals surface area (Å²) >= 11 is 0. The van der Waals surface area contributed by atoms with Crippen molar-refractivity contribution in [1.29, 1.82) is 0 Å². The Labute approximate surface area is 124 Å². The molecule has 108 valence electrons. The number of imidazole rings is 1. The maximum absolute atomic E-state index is 4.72. The number of nitrogens with one attached hydrogen (secondary N) is 1. The zero-order valence-corrected chi connectivity index (χ0v) is 12.5. The van der Waals surface area contributed by atoms with Crippen molar-refractivity contribution >= 4 is 16.9 Å². The first-order valence-electron chi connectivity index (χ1n) is 7.44. The average Bonchev–Trinajstić information content (AvgIpc) is 2.86. The average molecular weight is 280 g/mol. The third-order valence-corrected chi connectivity index (χ3v) is 3.57. The highest BCUT2D eigenvalue weighted by atomic mass is 15.1. The summed E-state index contributed by atoms with van der Waals surface area (Å²) in [6.45, 7) is 5.93. The van der Waals surface area contributed by atoms with Crippen LogP contribution in [0.4, 0.5) is 5.82 Å². The molecule has 0 saturated heterocycles. The second-order valence-corrected chi connectivity index (χ2v) is 5.04. The van der Waals surface area contributed by atoms with E-state index < -0.39 is 0 Å². The molecular weight excluding hydrogens is 260 g/mol. The molecule has 2 heterocycles. The minimum Gasteiger partial charge on any atom is -0.370 e. The molecule has 4 heteroatoms. The van der Waals surface area contributed by atoms with Crippen LogP contribution in [-0.2, 0) is 13.0 Å².